The maximum Gasteiger partial charge on any atom is 0.335 e. The number of carboxylic acid groups (broad SMARTS) is 1. The molecule has 160 valence electrons. The first-order chi connectivity index (χ1) is 14.1. The van der Waals surface area contributed by atoms with Crippen molar-refractivity contribution < 1.29 is 14.7 Å². The second-order valence-corrected chi connectivity index (χ2v) is 12.3. The van der Waals surface area contributed by atoms with Crippen LogP contribution in [0, 0.1) is 14.8 Å². The summed E-state index contributed by atoms with van der Waals surface area (Å²) in [6, 6.07) is 6.78. The fourth-order valence-corrected chi connectivity index (χ4v) is 7.43. The average molecular weight is 464 g/mol. The highest BCUT2D eigenvalue weighted by Crippen LogP contribution is 2.52. The molecule has 1 N–H and O–H groups in total. The Labute approximate surface area is 189 Å². The molecule has 2 aromatic rings. The number of carbonyl (C=O) groups excluding carboxylic acids is 1. The summed E-state index contributed by atoms with van der Waals surface area (Å²) in [4.78, 5) is 26.1. The van der Waals surface area contributed by atoms with Crippen LogP contribution in [0.25, 0.3) is 5.69 Å². The van der Waals surface area contributed by atoms with Crippen LogP contribution >= 0.6 is 35.3 Å². The number of carboxylic acids is 1. The molecule has 1 aromatic carbocycles. The summed E-state index contributed by atoms with van der Waals surface area (Å²) in [6.45, 7) is 7.77. The van der Waals surface area contributed by atoms with Crippen molar-refractivity contribution in [1.29, 1.82) is 0 Å². The lowest BCUT2D eigenvalue weighted by molar-refractivity contribution is -0.129. The minimum Gasteiger partial charge on any atom is -0.478 e. The summed E-state index contributed by atoms with van der Waals surface area (Å²) in [6.07, 6.45) is 3.34. The number of aromatic nitrogens is 2. The molecule has 1 aliphatic heterocycles. The van der Waals surface area contributed by atoms with Gasteiger partial charge in [-0.15, -0.1) is 5.10 Å². The number of carbonyl (C=O) groups is 2. The van der Waals surface area contributed by atoms with Crippen LogP contribution in [0.1, 0.15) is 50.4 Å². The molecule has 0 spiro atoms. The molecule has 1 aromatic heterocycles. The first-order valence-corrected chi connectivity index (χ1v) is 12.1. The number of nitrogens with zero attached hydrogens (tertiary/aromatic N) is 3. The third-order valence-corrected chi connectivity index (χ3v) is 8.29. The van der Waals surface area contributed by atoms with Crippen molar-refractivity contribution in [2.75, 3.05) is 12.3 Å². The largest absolute Gasteiger partial charge is 0.478 e. The van der Waals surface area contributed by atoms with Crippen LogP contribution < -0.4 is 0 Å². The van der Waals surface area contributed by atoms with E-state index < -0.39 is 5.97 Å². The lowest BCUT2D eigenvalue weighted by Gasteiger charge is -2.39. The van der Waals surface area contributed by atoms with Crippen LogP contribution in [-0.4, -0.2) is 50.0 Å². The summed E-state index contributed by atoms with van der Waals surface area (Å²) in [7, 11) is 0. The number of benzene rings is 1. The third kappa shape index (κ3) is 4.33. The number of amides is 1. The zero-order chi connectivity index (χ0) is 21.7. The van der Waals surface area contributed by atoms with Gasteiger partial charge in [0.05, 0.1) is 17.0 Å². The highest BCUT2D eigenvalue weighted by Gasteiger charge is 2.50. The molecule has 4 rings (SSSR count). The number of likely N-dealkylation sites (tertiary alicyclic amines) is 1. The van der Waals surface area contributed by atoms with Crippen molar-refractivity contribution in [2.45, 2.75) is 50.4 Å². The average Bonchev–Trinajstić information content (AvgIpc) is 3.15. The predicted molar refractivity (Wildman–Crippen MR) is 121 cm³/mol. The molecule has 30 heavy (non-hydrogen) atoms. The minimum atomic E-state index is -0.971. The second-order valence-electron chi connectivity index (χ2n) is 9.42. The second kappa shape index (κ2) is 7.76. The maximum absolute atomic E-state index is 13.0. The van der Waals surface area contributed by atoms with Gasteiger partial charge >= 0.3 is 5.97 Å². The molecule has 1 saturated carbocycles. The normalized spacial score (nSPS) is 24.8. The first kappa shape index (κ1) is 21.5. The standard InChI is InChI=1S/C21H25N3O3S3/c1-20(2)8-15-9-21(3,11-20)12-23(15)16(25)10-29-18-22-24(19(28)30-18)14-6-4-13(5-7-14)17(26)27/h4-7,15H,8-12H2,1-3H3,(H,26,27). The molecule has 2 fully saturated rings. The van der Waals surface area contributed by atoms with E-state index in [1.165, 1.54) is 41.7 Å². The van der Waals surface area contributed by atoms with E-state index in [1.807, 2.05) is 0 Å². The summed E-state index contributed by atoms with van der Waals surface area (Å²) >= 11 is 8.21. The maximum atomic E-state index is 13.0. The number of hydrogen-bond donors (Lipinski definition) is 1. The van der Waals surface area contributed by atoms with E-state index in [0.717, 1.165) is 23.7 Å². The molecule has 6 nitrogen and oxygen atoms in total. The summed E-state index contributed by atoms with van der Waals surface area (Å²) < 4.78 is 2.92. The van der Waals surface area contributed by atoms with Gasteiger partial charge in [-0.2, -0.15) is 0 Å². The van der Waals surface area contributed by atoms with Gasteiger partial charge in [0.15, 0.2) is 8.29 Å². The molecule has 2 unspecified atom stereocenters. The molecule has 0 radical (unpaired) electrons. The number of aromatic carboxylic acids is 1. The topological polar surface area (TPSA) is 75.4 Å². The fraction of sp³-hybridized carbons (Fsp3) is 0.524. The Kier molecular flexibility index (Phi) is 5.57. The zero-order valence-corrected chi connectivity index (χ0v) is 19.7. The number of hydrogen-bond acceptors (Lipinski definition) is 6. The number of fused-ring (bicyclic) bond motifs is 2. The smallest absolute Gasteiger partial charge is 0.335 e. The third-order valence-electron chi connectivity index (χ3n) is 5.94. The van der Waals surface area contributed by atoms with Crippen LogP contribution in [-0.2, 0) is 4.79 Å². The van der Waals surface area contributed by atoms with Crippen molar-refractivity contribution >= 4 is 47.2 Å². The van der Waals surface area contributed by atoms with E-state index in [4.69, 9.17) is 17.3 Å². The monoisotopic (exact) mass is 463 g/mol. The van der Waals surface area contributed by atoms with Crippen molar-refractivity contribution in [2.24, 2.45) is 10.8 Å². The van der Waals surface area contributed by atoms with Gasteiger partial charge in [0.25, 0.3) is 0 Å². The van der Waals surface area contributed by atoms with Crippen molar-refractivity contribution in [3.63, 3.8) is 0 Å². The molecular weight excluding hydrogens is 438 g/mol. The van der Waals surface area contributed by atoms with Crippen molar-refractivity contribution in [1.82, 2.24) is 14.7 Å². The fourth-order valence-electron chi connectivity index (χ4n) is 5.19. The van der Waals surface area contributed by atoms with E-state index in [-0.39, 0.29) is 22.3 Å². The van der Waals surface area contributed by atoms with E-state index in [1.54, 1.807) is 16.8 Å². The van der Waals surface area contributed by atoms with Gasteiger partial charge in [0.2, 0.25) is 5.91 Å². The molecule has 9 heteroatoms. The van der Waals surface area contributed by atoms with Crippen LogP contribution in [0.2, 0.25) is 0 Å². The summed E-state index contributed by atoms with van der Waals surface area (Å²) in [5.41, 5.74) is 1.44. The van der Waals surface area contributed by atoms with Gasteiger partial charge in [0.1, 0.15) is 0 Å². The van der Waals surface area contributed by atoms with E-state index in [9.17, 15) is 9.59 Å². The lowest BCUT2D eigenvalue weighted by Crippen LogP contribution is -2.38. The number of thioether (sulfide) groups is 1. The van der Waals surface area contributed by atoms with Crippen molar-refractivity contribution in [3.05, 3.63) is 33.8 Å². The Bertz CT molecular complexity index is 1040. The van der Waals surface area contributed by atoms with Crippen molar-refractivity contribution in [3.8, 4) is 5.69 Å². The molecule has 1 aliphatic carbocycles. The number of rotatable bonds is 5. The van der Waals surface area contributed by atoms with Crippen LogP contribution in [0.5, 0.6) is 0 Å². The first-order valence-electron chi connectivity index (χ1n) is 9.92. The Morgan fingerprint density at radius 1 is 1.27 bits per heavy atom. The molecule has 2 aliphatic rings. The van der Waals surface area contributed by atoms with Gasteiger partial charge in [-0.25, -0.2) is 9.48 Å². The quantitative estimate of drug-likeness (QED) is 0.503. The van der Waals surface area contributed by atoms with Gasteiger partial charge < -0.3 is 10.0 Å². The molecule has 1 amide bonds. The molecule has 1 saturated heterocycles. The Morgan fingerprint density at radius 2 is 1.97 bits per heavy atom. The van der Waals surface area contributed by atoms with Crippen LogP contribution in [0.15, 0.2) is 28.6 Å². The highest BCUT2D eigenvalue weighted by molar-refractivity contribution is 8.01. The predicted octanol–water partition coefficient (Wildman–Crippen LogP) is 4.88. The Morgan fingerprint density at radius 3 is 2.63 bits per heavy atom. The SMILES string of the molecule is CC1(C)CC2CC(C)(CN2C(=O)CSc2nn(-c3ccc(C(=O)O)cc3)c(=S)s2)C1. The van der Waals surface area contributed by atoms with Gasteiger partial charge in [0, 0.05) is 12.6 Å². The zero-order valence-electron chi connectivity index (χ0n) is 17.3. The summed E-state index contributed by atoms with van der Waals surface area (Å²) in [5.74, 6) is -0.445. The van der Waals surface area contributed by atoms with Gasteiger partial charge in [-0.05, 0) is 66.6 Å². The highest BCUT2D eigenvalue weighted by atomic mass is 32.2. The minimum absolute atomic E-state index is 0.171. The van der Waals surface area contributed by atoms with Crippen LogP contribution in [0.3, 0.4) is 0 Å². The van der Waals surface area contributed by atoms with Crippen LogP contribution in [0.4, 0.5) is 0 Å². The Balaban J connectivity index is 1.42. The molecular formula is C21H25N3O3S3. The molecule has 2 heterocycles. The molecule has 2 bridgehead atoms. The Hall–Kier alpha value is -1.71. The van der Waals surface area contributed by atoms with E-state index >= 15 is 0 Å². The van der Waals surface area contributed by atoms with E-state index in [0.29, 0.717) is 21.4 Å². The molecule has 2 atom stereocenters. The lowest BCUT2D eigenvalue weighted by atomic mass is 9.65. The van der Waals surface area contributed by atoms with Gasteiger partial charge in [-0.3, -0.25) is 4.79 Å². The summed E-state index contributed by atoms with van der Waals surface area (Å²) in [5, 5.41) is 13.6. The van der Waals surface area contributed by atoms with Gasteiger partial charge in [-0.1, -0.05) is 43.9 Å². The van der Waals surface area contributed by atoms with E-state index in [2.05, 4.69) is 30.8 Å².